The summed E-state index contributed by atoms with van der Waals surface area (Å²) in [6.07, 6.45) is 13.6. The third-order valence-corrected chi connectivity index (χ3v) is 12.8. The van der Waals surface area contributed by atoms with Gasteiger partial charge in [0.2, 0.25) is 5.91 Å². The number of nitrogens with one attached hydrogen (secondary N) is 2. The van der Waals surface area contributed by atoms with Crippen LogP contribution in [0.15, 0.2) is 0 Å². The highest BCUT2D eigenvalue weighted by atomic mass is 79.9. The third kappa shape index (κ3) is 5.49. The van der Waals surface area contributed by atoms with Crippen LogP contribution >= 0.6 is 15.9 Å². The Balaban J connectivity index is 1.32. The third-order valence-electron chi connectivity index (χ3n) is 11.5. The minimum Gasteiger partial charge on any atom is -0.391 e. The van der Waals surface area contributed by atoms with Crippen LogP contribution in [-0.4, -0.2) is 75.2 Å². The molecular weight excluding hydrogens is 540 g/mol. The molecule has 0 radical (unpaired) electrons. The van der Waals surface area contributed by atoms with Crippen LogP contribution in [0, 0.1) is 29.6 Å². The molecule has 11 atom stereocenters. The summed E-state index contributed by atoms with van der Waals surface area (Å²) in [6, 6.07) is 1.55. The number of nitrogens with zero attached hydrogens (tertiary/aromatic N) is 2. The van der Waals surface area contributed by atoms with Crippen LogP contribution in [-0.2, 0) is 4.79 Å². The number of fused-ring (bicyclic) bond motifs is 1. The van der Waals surface area contributed by atoms with Gasteiger partial charge in [0.05, 0.1) is 18.1 Å². The number of hydrogen-bond acceptors (Lipinski definition) is 5. The van der Waals surface area contributed by atoms with Crippen molar-refractivity contribution < 1.29 is 9.90 Å². The highest BCUT2D eigenvalue weighted by Crippen LogP contribution is 2.45. The minimum absolute atomic E-state index is 0.0723. The summed E-state index contributed by atoms with van der Waals surface area (Å²) in [5.41, 5.74) is 3.97. The van der Waals surface area contributed by atoms with E-state index in [0.717, 1.165) is 76.3 Å². The monoisotopic (exact) mass is 594 g/mol. The molecule has 2 heterocycles. The molecule has 3 N–H and O–H groups in total. The van der Waals surface area contributed by atoms with Gasteiger partial charge in [-0.05, 0) is 75.7 Å². The molecule has 0 aromatic heterocycles. The molecule has 2 saturated heterocycles. The lowest BCUT2D eigenvalue weighted by molar-refractivity contribution is -0.145. The van der Waals surface area contributed by atoms with E-state index in [4.69, 9.17) is 0 Å². The van der Waals surface area contributed by atoms with Crippen LogP contribution in [0.1, 0.15) is 105 Å². The first-order valence-corrected chi connectivity index (χ1v) is 17.2. The molecule has 0 bridgehead atoms. The first-order valence-electron chi connectivity index (χ1n) is 16.3. The van der Waals surface area contributed by atoms with E-state index < -0.39 is 0 Å². The number of rotatable bonds is 8. The molecule has 3 aliphatic carbocycles. The van der Waals surface area contributed by atoms with Crippen LogP contribution in [0.4, 0.5) is 0 Å². The Kier molecular flexibility index (Phi) is 9.83. The van der Waals surface area contributed by atoms with E-state index in [2.05, 4.69) is 64.3 Å². The molecule has 2 aliphatic heterocycles. The highest BCUT2D eigenvalue weighted by molar-refractivity contribution is 9.09. The fourth-order valence-corrected chi connectivity index (χ4v) is 9.85. The van der Waals surface area contributed by atoms with Crippen LogP contribution in [0.25, 0.3) is 0 Å². The molecule has 0 spiro atoms. The Morgan fingerprint density at radius 2 is 1.82 bits per heavy atom. The van der Waals surface area contributed by atoms with Crippen LogP contribution < -0.4 is 10.7 Å². The quantitative estimate of drug-likeness (QED) is 0.342. The van der Waals surface area contributed by atoms with Gasteiger partial charge in [0, 0.05) is 41.5 Å². The number of carbonyl (C=O) groups is 1. The van der Waals surface area contributed by atoms with Crippen molar-refractivity contribution in [3.63, 3.8) is 0 Å². The number of carbonyl (C=O) groups excluding carboxylic acids is 1. The molecule has 5 fully saturated rings. The summed E-state index contributed by atoms with van der Waals surface area (Å²) in [5.74, 6) is 2.94. The van der Waals surface area contributed by atoms with Crippen molar-refractivity contribution in [3.05, 3.63) is 0 Å². The van der Waals surface area contributed by atoms with E-state index in [1.807, 2.05) is 0 Å². The Morgan fingerprint density at radius 1 is 1.03 bits per heavy atom. The van der Waals surface area contributed by atoms with Crippen LogP contribution in [0.2, 0.25) is 0 Å². The molecule has 5 rings (SSSR count). The lowest BCUT2D eigenvalue weighted by Gasteiger charge is -2.50. The van der Waals surface area contributed by atoms with Gasteiger partial charge >= 0.3 is 0 Å². The second-order valence-electron chi connectivity index (χ2n) is 13.4. The summed E-state index contributed by atoms with van der Waals surface area (Å²) >= 11 is 3.89. The zero-order valence-corrected chi connectivity index (χ0v) is 26.0. The summed E-state index contributed by atoms with van der Waals surface area (Å²) in [5, 5.41) is 17.6. The maximum Gasteiger partial charge on any atom is 0.227 e. The fraction of sp³-hybridized carbons (Fsp3) is 0.968. The normalized spacial score (nSPS) is 44.6. The Morgan fingerprint density at radius 3 is 2.45 bits per heavy atom. The van der Waals surface area contributed by atoms with Crippen LogP contribution in [0.3, 0.4) is 0 Å². The lowest BCUT2D eigenvalue weighted by atomic mass is 9.68. The van der Waals surface area contributed by atoms with Crippen molar-refractivity contribution in [2.24, 2.45) is 29.6 Å². The standard InChI is InChI=1S/C31H55BrN4O2/c1-5-9-24-29-25(6-2)35(31(38)22-13-14-23(32)19(4)30(22)33-7-3)17-16-27(29)36(34-24)26-15-12-21(18-28(26)37)20-10-8-11-20/h19-30,33-34,37H,5-18H2,1-4H3. The number of amides is 1. The second kappa shape index (κ2) is 12.8. The Bertz CT molecular complexity index is 796. The average Bonchev–Trinajstić information content (AvgIpc) is 3.23. The van der Waals surface area contributed by atoms with E-state index in [1.54, 1.807) is 0 Å². The van der Waals surface area contributed by atoms with Gasteiger partial charge in [-0.15, -0.1) is 0 Å². The average molecular weight is 596 g/mol. The molecule has 3 saturated carbocycles. The SMILES string of the molecule is CCCC1NN(C2CCC(C3CCC3)CC2O)C2CCN(C(=O)C3CCC(Br)C(C)C3NCC)C(CC)C12. The lowest BCUT2D eigenvalue weighted by Crippen LogP contribution is -2.61. The summed E-state index contributed by atoms with van der Waals surface area (Å²) < 4.78 is 0. The van der Waals surface area contributed by atoms with Gasteiger partial charge in [0.15, 0.2) is 0 Å². The van der Waals surface area contributed by atoms with Crippen molar-refractivity contribution in [3.8, 4) is 0 Å². The van der Waals surface area contributed by atoms with Crippen molar-refractivity contribution in [1.29, 1.82) is 0 Å². The molecule has 38 heavy (non-hydrogen) atoms. The van der Waals surface area contributed by atoms with Gasteiger partial charge in [-0.3, -0.25) is 10.2 Å². The molecule has 1 amide bonds. The number of likely N-dealkylation sites (tertiary alicyclic amines) is 1. The zero-order valence-electron chi connectivity index (χ0n) is 24.5. The van der Waals surface area contributed by atoms with Gasteiger partial charge in [0.1, 0.15) is 0 Å². The molecule has 0 aromatic rings. The van der Waals surface area contributed by atoms with Crippen molar-refractivity contribution in [1.82, 2.24) is 20.7 Å². The molecule has 218 valence electrons. The first-order chi connectivity index (χ1) is 18.4. The van der Waals surface area contributed by atoms with Gasteiger partial charge in [-0.1, -0.05) is 69.3 Å². The van der Waals surface area contributed by atoms with Gasteiger partial charge in [-0.25, -0.2) is 5.01 Å². The van der Waals surface area contributed by atoms with Gasteiger partial charge in [0.25, 0.3) is 0 Å². The Labute approximate surface area is 240 Å². The number of piperidine rings is 1. The zero-order chi connectivity index (χ0) is 27.0. The highest BCUT2D eigenvalue weighted by Gasteiger charge is 2.54. The van der Waals surface area contributed by atoms with Gasteiger partial charge < -0.3 is 15.3 Å². The molecule has 0 aromatic carbocycles. The van der Waals surface area contributed by atoms with E-state index in [1.165, 1.54) is 25.7 Å². The topological polar surface area (TPSA) is 67.8 Å². The van der Waals surface area contributed by atoms with Crippen LogP contribution in [0.5, 0.6) is 0 Å². The number of alkyl halides is 1. The van der Waals surface area contributed by atoms with E-state index >= 15 is 0 Å². The number of aliphatic hydroxyl groups excluding tert-OH is 1. The minimum atomic E-state index is -0.232. The largest absolute Gasteiger partial charge is 0.391 e. The number of hydrazine groups is 1. The fourth-order valence-electron chi connectivity index (χ4n) is 9.26. The molecule has 7 heteroatoms. The molecular formula is C31H55BrN4O2. The van der Waals surface area contributed by atoms with Crippen molar-refractivity contribution >= 4 is 21.8 Å². The van der Waals surface area contributed by atoms with E-state index in [9.17, 15) is 9.90 Å². The summed E-state index contributed by atoms with van der Waals surface area (Å²) in [7, 11) is 0. The molecule has 11 unspecified atom stereocenters. The number of hydrogen-bond donors (Lipinski definition) is 3. The molecule has 5 aliphatic rings. The Hall–Kier alpha value is -0.210. The van der Waals surface area contributed by atoms with Crippen molar-refractivity contribution in [2.75, 3.05) is 13.1 Å². The van der Waals surface area contributed by atoms with Crippen molar-refractivity contribution in [2.45, 2.75) is 146 Å². The van der Waals surface area contributed by atoms with Gasteiger partial charge in [-0.2, -0.15) is 0 Å². The maximum absolute atomic E-state index is 14.3. The van der Waals surface area contributed by atoms with E-state index in [-0.39, 0.29) is 30.1 Å². The number of aliphatic hydroxyl groups is 1. The van der Waals surface area contributed by atoms with E-state index in [0.29, 0.717) is 34.7 Å². The first kappa shape index (κ1) is 29.3. The predicted molar refractivity (Wildman–Crippen MR) is 158 cm³/mol. The maximum atomic E-state index is 14.3. The predicted octanol–water partition coefficient (Wildman–Crippen LogP) is 5.09. The summed E-state index contributed by atoms with van der Waals surface area (Å²) in [6.45, 7) is 10.8. The smallest absolute Gasteiger partial charge is 0.227 e. The summed E-state index contributed by atoms with van der Waals surface area (Å²) in [4.78, 5) is 17.1. The number of halogens is 1. The second-order valence-corrected chi connectivity index (χ2v) is 14.6. The molecule has 6 nitrogen and oxygen atoms in total.